The molecule has 0 saturated carbocycles. The van der Waals surface area contributed by atoms with Crippen molar-refractivity contribution in [3.63, 3.8) is 0 Å². The summed E-state index contributed by atoms with van der Waals surface area (Å²) in [5.74, 6) is 0. The monoisotopic (exact) mass is 324 g/mol. The van der Waals surface area contributed by atoms with E-state index in [0.29, 0.717) is 25.1 Å². The molecule has 0 bridgehead atoms. The zero-order valence-electron chi connectivity index (χ0n) is 14.0. The maximum Gasteiger partial charge on any atom is 0.404 e. The first kappa shape index (κ1) is 17.7. The van der Waals surface area contributed by atoms with Crippen LogP contribution >= 0.6 is 0 Å². The summed E-state index contributed by atoms with van der Waals surface area (Å²) in [6.45, 7) is 2.36. The highest BCUT2D eigenvalue weighted by Crippen LogP contribution is 2.27. The Labute approximate surface area is 143 Å². The average Bonchev–Trinajstić information content (AvgIpc) is 2.54. The van der Waals surface area contributed by atoms with Gasteiger partial charge in [-0.25, -0.2) is 4.79 Å². The van der Waals surface area contributed by atoms with Crippen LogP contribution in [0.15, 0.2) is 60.7 Å². The Morgan fingerprint density at radius 1 is 1.04 bits per heavy atom. The van der Waals surface area contributed by atoms with Crippen LogP contribution < -0.4 is 5.32 Å². The molecule has 0 aromatic heterocycles. The standard InChI is InChI=1S/C20H24N2O2/c1-20(15-22-19(23)24,13-17-10-6-3-7-11-17)14-18(21)12-16-8-4-2-5-9-16/h2-11,21-22H,12-15H2,1H3,(H,23,24). The van der Waals surface area contributed by atoms with Gasteiger partial charge in [0.1, 0.15) is 0 Å². The number of carboxylic acid groups (broad SMARTS) is 1. The molecule has 0 saturated heterocycles. The molecule has 0 aliphatic carbocycles. The van der Waals surface area contributed by atoms with Gasteiger partial charge in [0.05, 0.1) is 0 Å². The van der Waals surface area contributed by atoms with E-state index in [-0.39, 0.29) is 5.41 Å². The first-order chi connectivity index (χ1) is 11.5. The lowest BCUT2D eigenvalue weighted by atomic mass is 9.78. The van der Waals surface area contributed by atoms with Crippen LogP contribution in [0.25, 0.3) is 0 Å². The van der Waals surface area contributed by atoms with Crippen LogP contribution in [-0.2, 0) is 12.8 Å². The lowest BCUT2D eigenvalue weighted by Gasteiger charge is -2.30. The van der Waals surface area contributed by atoms with E-state index < -0.39 is 6.09 Å². The van der Waals surface area contributed by atoms with Crippen LogP contribution in [0, 0.1) is 10.8 Å². The minimum atomic E-state index is -1.02. The summed E-state index contributed by atoms with van der Waals surface area (Å²) < 4.78 is 0. The van der Waals surface area contributed by atoms with Crippen LogP contribution in [0.4, 0.5) is 4.79 Å². The number of hydrogen-bond donors (Lipinski definition) is 3. The topological polar surface area (TPSA) is 73.2 Å². The van der Waals surface area contributed by atoms with E-state index in [1.54, 1.807) is 0 Å². The molecule has 0 radical (unpaired) electrons. The van der Waals surface area contributed by atoms with Crippen molar-refractivity contribution in [3.05, 3.63) is 71.8 Å². The molecular weight excluding hydrogens is 300 g/mol. The summed E-state index contributed by atoms with van der Waals surface area (Å²) in [5.41, 5.74) is 2.55. The van der Waals surface area contributed by atoms with E-state index in [1.807, 2.05) is 67.6 Å². The Bertz CT molecular complexity index is 671. The number of rotatable bonds is 8. The van der Waals surface area contributed by atoms with E-state index in [9.17, 15) is 4.79 Å². The number of carbonyl (C=O) groups is 1. The van der Waals surface area contributed by atoms with Gasteiger partial charge in [-0.3, -0.25) is 0 Å². The van der Waals surface area contributed by atoms with Crippen LogP contribution in [0.5, 0.6) is 0 Å². The molecule has 2 aromatic carbocycles. The maximum atomic E-state index is 10.9. The van der Waals surface area contributed by atoms with Gasteiger partial charge in [-0.1, -0.05) is 67.6 Å². The van der Waals surface area contributed by atoms with E-state index in [1.165, 1.54) is 0 Å². The fraction of sp³-hybridized carbons (Fsp3) is 0.300. The van der Waals surface area contributed by atoms with Gasteiger partial charge in [-0.15, -0.1) is 0 Å². The highest BCUT2D eigenvalue weighted by molar-refractivity contribution is 5.84. The summed E-state index contributed by atoms with van der Waals surface area (Å²) in [7, 11) is 0. The summed E-state index contributed by atoms with van der Waals surface area (Å²) in [6, 6.07) is 19.9. The van der Waals surface area contributed by atoms with Gasteiger partial charge in [0.2, 0.25) is 0 Å². The lowest BCUT2D eigenvalue weighted by molar-refractivity contribution is 0.186. The predicted octanol–water partition coefficient (Wildman–Crippen LogP) is 4.16. The Morgan fingerprint density at radius 2 is 1.58 bits per heavy atom. The molecular formula is C20H24N2O2. The molecule has 0 aliphatic rings. The Kier molecular flexibility index (Phi) is 6.13. The molecule has 2 rings (SSSR count). The third-order valence-corrected chi connectivity index (χ3v) is 4.04. The van der Waals surface area contributed by atoms with E-state index >= 15 is 0 Å². The number of benzene rings is 2. The third kappa shape index (κ3) is 5.88. The second kappa shape index (κ2) is 8.29. The van der Waals surface area contributed by atoms with Gasteiger partial charge in [0.15, 0.2) is 0 Å². The Balaban J connectivity index is 2.06. The molecule has 0 fully saturated rings. The van der Waals surface area contributed by atoms with Crippen LogP contribution in [0.1, 0.15) is 24.5 Å². The average molecular weight is 324 g/mol. The molecule has 126 valence electrons. The largest absolute Gasteiger partial charge is 0.465 e. The van der Waals surface area contributed by atoms with Crippen molar-refractivity contribution in [2.75, 3.05) is 6.54 Å². The minimum absolute atomic E-state index is 0.328. The first-order valence-electron chi connectivity index (χ1n) is 8.08. The molecule has 1 unspecified atom stereocenters. The molecule has 24 heavy (non-hydrogen) atoms. The van der Waals surface area contributed by atoms with Gasteiger partial charge in [-0.05, 0) is 29.4 Å². The zero-order valence-corrected chi connectivity index (χ0v) is 14.0. The van der Waals surface area contributed by atoms with Gasteiger partial charge < -0.3 is 15.8 Å². The molecule has 4 nitrogen and oxygen atoms in total. The van der Waals surface area contributed by atoms with Gasteiger partial charge in [-0.2, -0.15) is 0 Å². The minimum Gasteiger partial charge on any atom is -0.465 e. The van der Waals surface area contributed by atoms with Crippen LogP contribution in [0.2, 0.25) is 0 Å². The molecule has 4 heteroatoms. The van der Waals surface area contributed by atoms with Gasteiger partial charge in [0.25, 0.3) is 0 Å². The van der Waals surface area contributed by atoms with Crippen molar-refractivity contribution in [3.8, 4) is 0 Å². The van der Waals surface area contributed by atoms with Crippen LogP contribution in [-0.4, -0.2) is 23.5 Å². The van der Waals surface area contributed by atoms with Crippen molar-refractivity contribution in [2.45, 2.75) is 26.2 Å². The number of amides is 1. The smallest absolute Gasteiger partial charge is 0.404 e. The highest BCUT2D eigenvalue weighted by atomic mass is 16.4. The van der Waals surface area contributed by atoms with Crippen molar-refractivity contribution in [2.24, 2.45) is 5.41 Å². The number of nitrogens with one attached hydrogen (secondary N) is 2. The molecule has 1 atom stereocenters. The highest BCUT2D eigenvalue weighted by Gasteiger charge is 2.27. The Morgan fingerprint density at radius 3 is 2.12 bits per heavy atom. The second-order valence-corrected chi connectivity index (χ2v) is 6.57. The fourth-order valence-corrected chi connectivity index (χ4v) is 2.99. The van der Waals surface area contributed by atoms with E-state index in [0.717, 1.165) is 17.5 Å². The second-order valence-electron chi connectivity index (χ2n) is 6.57. The van der Waals surface area contributed by atoms with Crippen molar-refractivity contribution < 1.29 is 9.90 Å². The normalized spacial score (nSPS) is 13.0. The fourth-order valence-electron chi connectivity index (χ4n) is 2.99. The summed E-state index contributed by atoms with van der Waals surface area (Å²) in [4.78, 5) is 10.9. The van der Waals surface area contributed by atoms with Gasteiger partial charge in [0, 0.05) is 18.7 Å². The summed E-state index contributed by atoms with van der Waals surface area (Å²) in [5, 5.41) is 19.8. The van der Waals surface area contributed by atoms with Gasteiger partial charge >= 0.3 is 6.09 Å². The molecule has 0 aliphatic heterocycles. The molecule has 2 aromatic rings. The SMILES string of the molecule is CC(CNC(=O)O)(CC(=N)Cc1ccccc1)Cc1ccccc1. The zero-order chi connectivity index (χ0) is 17.4. The predicted molar refractivity (Wildman–Crippen MR) is 96.8 cm³/mol. The van der Waals surface area contributed by atoms with Crippen LogP contribution in [0.3, 0.4) is 0 Å². The van der Waals surface area contributed by atoms with E-state index in [2.05, 4.69) is 5.32 Å². The van der Waals surface area contributed by atoms with E-state index in [4.69, 9.17) is 10.5 Å². The maximum absolute atomic E-state index is 10.9. The van der Waals surface area contributed by atoms with Crippen molar-refractivity contribution in [1.82, 2.24) is 5.32 Å². The quantitative estimate of drug-likeness (QED) is 0.638. The summed E-state index contributed by atoms with van der Waals surface area (Å²) in [6.07, 6.45) is 0.851. The lowest BCUT2D eigenvalue weighted by Crippen LogP contribution is -2.38. The van der Waals surface area contributed by atoms with Crippen molar-refractivity contribution >= 4 is 11.8 Å². The third-order valence-electron chi connectivity index (χ3n) is 4.04. The van der Waals surface area contributed by atoms with Crippen molar-refractivity contribution in [1.29, 1.82) is 5.41 Å². The molecule has 0 spiro atoms. The Hall–Kier alpha value is -2.62. The first-order valence-corrected chi connectivity index (χ1v) is 8.08. The molecule has 1 amide bonds. The number of hydrogen-bond acceptors (Lipinski definition) is 2. The summed E-state index contributed by atoms with van der Waals surface area (Å²) >= 11 is 0. The molecule has 0 heterocycles. The molecule has 3 N–H and O–H groups in total.